The lowest BCUT2D eigenvalue weighted by Gasteiger charge is -2.10. The molecule has 1 amide bonds. The zero-order valence-electron chi connectivity index (χ0n) is 11.8. The Bertz CT molecular complexity index is 554. The first kappa shape index (κ1) is 15.0. The third-order valence-electron chi connectivity index (χ3n) is 3.57. The fraction of sp³-hybridized carbons (Fsp3) is 0.467. The van der Waals surface area contributed by atoms with E-state index in [9.17, 15) is 9.59 Å². The van der Waals surface area contributed by atoms with Crippen LogP contribution in [0.15, 0.2) is 22.7 Å². The standard InChI is InChI=1S/C15H18BrNO3/c1-4-20-14(19)9-5-6-12(11(16)7-9)17-13(18)10-8-15(10,2)3/h5-7,10H,4,8H2,1-3H3,(H,17,18). The molecule has 1 fully saturated rings. The maximum absolute atomic E-state index is 12.0. The van der Waals surface area contributed by atoms with Crippen LogP contribution in [0.3, 0.4) is 0 Å². The van der Waals surface area contributed by atoms with Gasteiger partial charge in [0.15, 0.2) is 0 Å². The van der Waals surface area contributed by atoms with Gasteiger partial charge in [0.2, 0.25) is 5.91 Å². The lowest BCUT2D eigenvalue weighted by molar-refractivity contribution is -0.118. The number of ether oxygens (including phenoxy) is 1. The predicted octanol–water partition coefficient (Wildman–Crippen LogP) is 3.61. The van der Waals surface area contributed by atoms with Crippen LogP contribution in [0.25, 0.3) is 0 Å². The largest absolute Gasteiger partial charge is 0.462 e. The fourth-order valence-electron chi connectivity index (χ4n) is 2.09. The van der Waals surface area contributed by atoms with Gasteiger partial charge in [-0.15, -0.1) is 0 Å². The van der Waals surface area contributed by atoms with E-state index in [1.54, 1.807) is 25.1 Å². The van der Waals surface area contributed by atoms with Crippen LogP contribution < -0.4 is 5.32 Å². The molecule has 1 aliphatic carbocycles. The first-order valence-corrected chi connectivity index (χ1v) is 7.42. The van der Waals surface area contributed by atoms with Crippen molar-refractivity contribution in [2.75, 3.05) is 11.9 Å². The zero-order chi connectivity index (χ0) is 14.9. The van der Waals surface area contributed by atoms with Crippen LogP contribution in [-0.4, -0.2) is 18.5 Å². The molecule has 1 aliphatic rings. The van der Waals surface area contributed by atoms with Gasteiger partial charge in [-0.05, 0) is 52.9 Å². The summed E-state index contributed by atoms with van der Waals surface area (Å²) in [5.74, 6) is -0.270. The van der Waals surface area contributed by atoms with Crippen LogP contribution in [-0.2, 0) is 9.53 Å². The van der Waals surface area contributed by atoms with Crippen LogP contribution in [0.5, 0.6) is 0 Å². The first-order chi connectivity index (χ1) is 9.35. The molecule has 0 bridgehead atoms. The van der Waals surface area contributed by atoms with Gasteiger partial charge in [0.1, 0.15) is 0 Å². The second kappa shape index (κ2) is 5.56. The Balaban J connectivity index is 2.07. The number of amides is 1. The number of nitrogens with one attached hydrogen (secondary N) is 1. The smallest absolute Gasteiger partial charge is 0.338 e. The molecular weight excluding hydrogens is 322 g/mol. The second-order valence-corrected chi connectivity index (χ2v) is 6.50. The van der Waals surface area contributed by atoms with Crippen LogP contribution in [0.1, 0.15) is 37.6 Å². The quantitative estimate of drug-likeness (QED) is 0.852. The molecule has 5 heteroatoms. The van der Waals surface area contributed by atoms with Crippen molar-refractivity contribution in [2.24, 2.45) is 11.3 Å². The van der Waals surface area contributed by atoms with E-state index in [0.29, 0.717) is 22.3 Å². The van der Waals surface area contributed by atoms with Crippen molar-refractivity contribution in [1.29, 1.82) is 0 Å². The minimum Gasteiger partial charge on any atom is -0.462 e. The highest BCUT2D eigenvalue weighted by molar-refractivity contribution is 9.10. The maximum Gasteiger partial charge on any atom is 0.338 e. The summed E-state index contributed by atoms with van der Waals surface area (Å²) in [5.41, 5.74) is 1.23. The number of halogens is 1. The number of hydrogen-bond donors (Lipinski definition) is 1. The highest BCUT2D eigenvalue weighted by Crippen LogP contribution is 2.52. The van der Waals surface area contributed by atoms with E-state index in [4.69, 9.17) is 4.74 Å². The lowest BCUT2D eigenvalue weighted by atomic mass is 10.1. The van der Waals surface area contributed by atoms with Gasteiger partial charge in [-0.1, -0.05) is 13.8 Å². The highest BCUT2D eigenvalue weighted by atomic mass is 79.9. The minimum atomic E-state index is -0.366. The molecule has 1 aromatic carbocycles. The summed E-state index contributed by atoms with van der Waals surface area (Å²) in [4.78, 5) is 23.6. The summed E-state index contributed by atoms with van der Waals surface area (Å²) >= 11 is 3.37. The Morgan fingerprint density at radius 1 is 1.45 bits per heavy atom. The molecule has 4 nitrogen and oxygen atoms in total. The monoisotopic (exact) mass is 339 g/mol. The number of benzene rings is 1. The number of rotatable bonds is 4. The van der Waals surface area contributed by atoms with Crippen LogP contribution in [0, 0.1) is 11.3 Å². The summed E-state index contributed by atoms with van der Waals surface area (Å²) in [6.45, 7) is 6.26. The van der Waals surface area contributed by atoms with Crippen molar-refractivity contribution < 1.29 is 14.3 Å². The van der Waals surface area contributed by atoms with Crippen molar-refractivity contribution in [3.8, 4) is 0 Å². The zero-order valence-corrected chi connectivity index (χ0v) is 13.4. The van der Waals surface area contributed by atoms with Gasteiger partial charge >= 0.3 is 5.97 Å². The summed E-state index contributed by atoms with van der Waals surface area (Å²) in [6.07, 6.45) is 0.914. The van der Waals surface area contributed by atoms with E-state index >= 15 is 0 Å². The van der Waals surface area contributed by atoms with Gasteiger partial charge in [0.05, 0.1) is 17.9 Å². The van der Waals surface area contributed by atoms with Crippen molar-refractivity contribution in [1.82, 2.24) is 0 Å². The molecule has 0 radical (unpaired) electrons. The normalized spacial score (nSPS) is 19.3. The van der Waals surface area contributed by atoms with Gasteiger partial charge < -0.3 is 10.1 Å². The van der Waals surface area contributed by atoms with E-state index in [1.807, 2.05) is 0 Å². The number of carbonyl (C=O) groups excluding carboxylic acids is 2. The molecule has 0 aromatic heterocycles. The van der Waals surface area contributed by atoms with Crippen LogP contribution in [0.2, 0.25) is 0 Å². The molecular formula is C15H18BrNO3. The molecule has 0 spiro atoms. The van der Waals surface area contributed by atoms with Crippen molar-refractivity contribution >= 4 is 33.5 Å². The molecule has 1 N–H and O–H groups in total. The Morgan fingerprint density at radius 2 is 2.10 bits per heavy atom. The highest BCUT2D eigenvalue weighted by Gasteiger charge is 2.50. The summed E-state index contributed by atoms with van der Waals surface area (Å²) in [5, 5.41) is 2.89. The van der Waals surface area contributed by atoms with Crippen molar-refractivity contribution in [2.45, 2.75) is 27.2 Å². The number of esters is 1. The first-order valence-electron chi connectivity index (χ1n) is 6.62. The number of carbonyl (C=O) groups is 2. The Labute approximate surface area is 127 Å². The predicted molar refractivity (Wildman–Crippen MR) is 80.6 cm³/mol. The molecule has 108 valence electrons. The molecule has 1 atom stereocenters. The van der Waals surface area contributed by atoms with E-state index in [-0.39, 0.29) is 23.2 Å². The molecule has 2 rings (SSSR count). The number of hydrogen-bond acceptors (Lipinski definition) is 3. The maximum atomic E-state index is 12.0. The Hall–Kier alpha value is -1.36. The van der Waals surface area contributed by atoms with E-state index in [0.717, 1.165) is 6.42 Å². The molecule has 0 saturated heterocycles. The van der Waals surface area contributed by atoms with Crippen molar-refractivity contribution in [3.05, 3.63) is 28.2 Å². The molecule has 0 heterocycles. The molecule has 1 unspecified atom stereocenters. The average molecular weight is 340 g/mol. The second-order valence-electron chi connectivity index (χ2n) is 5.65. The fourth-order valence-corrected chi connectivity index (χ4v) is 2.57. The van der Waals surface area contributed by atoms with Crippen LogP contribution >= 0.6 is 15.9 Å². The molecule has 0 aliphatic heterocycles. The summed E-state index contributed by atoms with van der Waals surface area (Å²) in [6, 6.07) is 5.02. The molecule has 1 saturated carbocycles. The van der Waals surface area contributed by atoms with Crippen molar-refractivity contribution in [3.63, 3.8) is 0 Å². The summed E-state index contributed by atoms with van der Waals surface area (Å²) in [7, 11) is 0. The summed E-state index contributed by atoms with van der Waals surface area (Å²) < 4.78 is 5.61. The molecule has 1 aromatic rings. The number of anilines is 1. The van der Waals surface area contributed by atoms with Crippen LogP contribution in [0.4, 0.5) is 5.69 Å². The van der Waals surface area contributed by atoms with E-state index < -0.39 is 0 Å². The van der Waals surface area contributed by atoms with Gasteiger partial charge in [-0.3, -0.25) is 4.79 Å². The minimum absolute atomic E-state index is 0.0274. The third kappa shape index (κ3) is 3.20. The lowest BCUT2D eigenvalue weighted by Crippen LogP contribution is -2.17. The Kier molecular flexibility index (Phi) is 4.18. The SMILES string of the molecule is CCOC(=O)c1ccc(NC(=O)C2CC2(C)C)c(Br)c1. The van der Waals surface area contributed by atoms with E-state index in [2.05, 4.69) is 35.1 Å². The van der Waals surface area contributed by atoms with Gasteiger partial charge in [-0.25, -0.2) is 4.79 Å². The van der Waals surface area contributed by atoms with Gasteiger partial charge in [0, 0.05) is 10.4 Å². The van der Waals surface area contributed by atoms with E-state index in [1.165, 1.54) is 0 Å². The third-order valence-corrected chi connectivity index (χ3v) is 4.22. The molecule has 20 heavy (non-hydrogen) atoms. The topological polar surface area (TPSA) is 55.4 Å². The average Bonchev–Trinajstić information content (AvgIpc) is 3.01. The Morgan fingerprint density at radius 3 is 2.60 bits per heavy atom. The van der Waals surface area contributed by atoms with Gasteiger partial charge in [-0.2, -0.15) is 0 Å². The van der Waals surface area contributed by atoms with Gasteiger partial charge in [0.25, 0.3) is 0 Å².